The van der Waals surface area contributed by atoms with Crippen molar-refractivity contribution in [2.45, 2.75) is 11.8 Å². The van der Waals surface area contributed by atoms with Crippen LogP contribution in [0.5, 0.6) is 0 Å². The lowest BCUT2D eigenvalue weighted by atomic mass is 10.2. The van der Waals surface area contributed by atoms with Crippen molar-refractivity contribution in [2.75, 3.05) is 12.4 Å². The Bertz CT molecular complexity index is 941. The molecule has 0 aromatic heterocycles. The Morgan fingerprint density at radius 2 is 1.80 bits per heavy atom. The minimum absolute atomic E-state index is 0.112. The summed E-state index contributed by atoms with van der Waals surface area (Å²) in [7, 11) is -2.26. The Morgan fingerprint density at radius 1 is 1.08 bits per heavy atom. The van der Waals surface area contributed by atoms with Crippen molar-refractivity contribution in [2.24, 2.45) is 0 Å². The second kappa shape index (κ2) is 8.01. The molecule has 8 heteroatoms. The summed E-state index contributed by atoms with van der Waals surface area (Å²) in [5.41, 5.74) is 1.67. The summed E-state index contributed by atoms with van der Waals surface area (Å²) >= 11 is 11.8. The molecule has 0 saturated heterocycles. The van der Waals surface area contributed by atoms with Crippen LogP contribution in [0.1, 0.15) is 11.1 Å². The highest BCUT2D eigenvalue weighted by molar-refractivity contribution is 7.89. The molecular formula is C17H16Cl2N2O3S. The number of rotatable bonds is 5. The first-order valence-corrected chi connectivity index (χ1v) is 9.45. The zero-order valence-corrected chi connectivity index (χ0v) is 15.8. The van der Waals surface area contributed by atoms with Crippen LogP contribution in [0.15, 0.2) is 47.4 Å². The van der Waals surface area contributed by atoms with E-state index in [1.807, 2.05) is 0 Å². The van der Waals surface area contributed by atoms with Gasteiger partial charge < -0.3 is 5.32 Å². The first-order valence-electron chi connectivity index (χ1n) is 7.21. The zero-order chi connectivity index (χ0) is 18.6. The van der Waals surface area contributed by atoms with Crippen LogP contribution in [-0.4, -0.2) is 21.4 Å². The van der Waals surface area contributed by atoms with Crippen LogP contribution in [0.25, 0.3) is 6.08 Å². The van der Waals surface area contributed by atoms with Gasteiger partial charge >= 0.3 is 0 Å². The Labute approximate surface area is 156 Å². The third kappa shape index (κ3) is 5.06. The Balaban J connectivity index is 2.16. The number of hydrogen-bond donors (Lipinski definition) is 2. The van der Waals surface area contributed by atoms with Gasteiger partial charge in [0, 0.05) is 11.8 Å². The molecule has 0 heterocycles. The minimum atomic E-state index is -3.60. The second-order valence-electron chi connectivity index (χ2n) is 5.18. The van der Waals surface area contributed by atoms with Gasteiger partial charge in [0.1, 0.15) is 0 Å². The molecule has 2 aromatic rings. The molecule has 2 rings (SSSR count). The molecule has 0 radical (unpaired) electrons. The maximum absolute atomic E-state index is 12.0. The predicted octanol–water partition coefficient (Wildman–Crippen LogP) is 3.86. The average Bonchev–Trinajstić information content (AvgIpc) is 2.57. The number of nitrogens with one attached hydrogen (secondary N) is 2. The van der Waals surface area contributed by atoms with Gasteiger partial charge in [-0.3, -0.25) is 4.79 Å². The fraction of sp³-hybridized carbons (Fsp3) is 0.118. The Hall–Kier alpha value is -1.86. The molecule has 5 nitrogen and oxygen atoms in total. The number of carbonyl (C=O) groups excluding carboxylic acids is 1. The van der Waals surface area contributed by atoms with Crippen LogP contribution in [0.2, 0.25) is 10.0 Å². The molecule has 0 spiro atoms. The molecule has 0 aliphatic heterocycles. The normalized spacial score (nSPS) is 11.7. The summed E-state index contributed by atoms with van der Waals surface area (Å²) in [6.07, 6.45) is 2.91. The molecule has 0 atom stereocenters. The van der Waals surface area contributed by atoms with Crippen LogP contribution < -0.4 is 10.0 Å². The largest absolute Gasteiger partial charge is 0.322 e. The van der Waals surface area contributed by atoms with E-state index in [1.165, 1.54) is 19.2 Å². The van der Waals surface area contributed by atoms with Crippen molar-refractivity contribution in [3.05, 3.63) is 63.6 Å². The minimum Gasteiger partial charge on any atom is -0.322 e. The third-order valence-electron chi connectivity index (χ3n) is 3.38. The van der Waals surface area contributed by atoms with Gasteiger partial charge in [0.05, 0.1) is 14.9 Å². The van der Waals surface area contributed by atoms with Crippen LogP contribution in [0.3, 0.4) is 0 Å². The van der Waals surface area contributed by atoms with Gasteiger partial charge in [-0.1, -0.05) is 35.3 Å². The standard InChI is InChI=1S/C17H16Cl2N2O3S/c1-11-3-6-13(10-16(11)25(23,24)20-2)21-17(22)8-5-12-4-7-14(18)15(19)9-12/h3-10,20H,1-2H3,(H,21,22)/b8-5+. The van der Waals surface area contributed by atoms with Crippen molar-refractivity contribution in [3.8, 4) is 0 Å². The lowest BCUT2D eigenvalue weighted by Gasteiger charge is -2.09. The van der Waals surface area contributed by atoms with Crippen molar-refractivity contribution in [1.82, 2.24) is 4.72 Å². The number of aryl methyl sites for hydroxylation is 1. The van der Waals surface area contributed by atoms with E-state index in [0.29, 0.717) is 26.9 Å². The zero-order valence-electron chi connectivity index (χ0n) is 13.5. The summed E-state index contributed by atoms with van der Waals surface area (Å²) in [4.78, 5) is 12.1. The van der Waals surface area contributed by atoms with Crippen molar-refractivity contribution in [3.63, 3.8) is 0 Å². The van der Waals surface area contributed by atoms with E-state index in [2.05, 4.69) is 10.0 Å². The van der Waals surface area contributed by atoms with Crippen molar-refractivity contribution < 1.29 is 13.2 Å². The van der Waals surface area contributed by atoms with Gasteiger partial charge in [-0.15, -0.1) is 0 Å². The summed E-state index contributed by atoms with van der Waals surface area (Å²) in [6.45, 7) is 1.68. The van der Waals surface area contributed by atoms with E-state index in [9.17, 15) is 13.2 Å². The Kier molecular flexibility index (Phi) is 6.24. The first-order chi connectivity index (χ1) is 11.7. The van der Waals surface area contributed by atoms with Gasteiger partial charge in [-0.25, -0.2) is 13.1 Å². The topological polar surface area (TPSA) is 75.3 Å². The lowest BCUT2D eigenvalue weighted by molar-refractivity contribution is -0.111. The fourth-order valence-electron chi connectivity index (χ4n) is 2.05. The second-order valence-corrected chi connectivity index (χ2v) is 7.85. The molecule has 0 aliphatic carbocycles. The summed E-state index contributed by atoms with van der Waals surface area (Å²) in [5, 5.41) is 3.45. The van der Waals surface area contributed by atoms with E-state index in [1.54, 1.807) is 43.3 Å². The van der Waals surface area contributed by atoms with E-state index in [-0.39, 0.29) is 4.90 Å². The number of hydrogen-bond acceptors (Lipinski definition) is 3. The van der Waals surface area contributed by atoms with Gasteiger partial charge in [0.2, 0.25) is 15.9 Å². The predicted molar refractivity (Wildman–Crippen MR) is 102 cm³/mol. The van der Waals surface area contributed by atoms with Crippen molar-refractivity contribution >= 4 is 50.9 Å². The quantitative estimate of drug-likeness (QED) is 0.750. The third-order valence-corrected chi connectivity index (χ3v) is 5.68. The Morgan fingerprint density at radius 3 is 2.44 bits per heavy atom. The fourth-order valence-corrected chi connectivity index (χ4v) is 3.35. The molecule has 25 heavy (non-hydrogen) atoms. The first kappa shape index (κ1) is 19.5. The number of halogens is 2. The summed E-state index contributed by atoms with van der Waals surface area (Å²) in [5.74, 6) is -0.400. The molecule has 2 aromatic carbocycles. The molecule has 132 valence electrons. The average molecular weight is 399 g/mol. The number of amides is 1. The molecule has 0 fully saturated rings. The number of carbonyl (C=O) groups is 1. The van der Waals surface area contributed by atoms with E-state index < -0.39 is 15.9 Å². The van der Waals surface area contributed by atoms with E-state index in [4.69, 9.17) is 23.2 Å². The molecule has 1 amide bonds. The van der Waals surface area contributed by atoms with Crippen LogP contribution in [0.4, 0.5) is 5.69 Å². The van der Waals surface area contributed by atoms with Gasteiger partial charge in [0.15, 0.2) is 0 Å². The van der Waals surface area contributed by atoms with Crippen LogP contribution in [0, 0.1) is 6.92 Å². The highest BCUT2D eigenvalue weighted by Crippen LogP contribution is 2.23. The molecule has 2 N–H and O–H groups in total. The van der Waals surface area contributed by atoms with Gasteiger partial charge in [-0.2, -0.15) is 0 Å². The molecule has 0 aliphatic rings. The lowest BCUT2D eigenvalue weighted by Crippen LogP contribution is -2.20. The van der Waals surface area contributed by atoms with Crippen molar-refractivity contribution in [1.29, 1.82) is 0 Å². The highest BCUT2D eigenvalue weighted by atomic mass is 35.5. The summed E-state index contributed by atoms with van der Waals surface area (Å²) < 4.78 is 26.2. The SMILES string of the molecule is CNS(=O)(=O)c1cc(NC(=O)/C=C/c2ccc(Cl)c(Cl)c2)ccc1C. The van der Waals surface area contributed by atoms with Gasteiger partial charge in [-0.05, 0) is 55.4 Å². The maximum Gasteiger partial charge on any atom is 0.248 e. The molecule has 0 bridgehead atoms. The monoisotopic (exact) mass is 398 g/mol. The molecule has 0 unspecified atom stereocenters. The van der Waals surface area contributed by atoms with Gasteiger partial charge in [0.25, 0.3) is 0 Å². The van der Waals surface area contributed by atoms with E-state index >= 15 is 0 Å². The molecular weight excluding hydrogens is 383 g/mol. The number of sulfonamides is 1. The number of anilines is 1. The maximum atomic E-state index is 12.0. The highest BCUT2D eigenvalue weighted by Gasteiger charge is 2.15. The smallest absolute Gasteiger partial charge is 0.248 e. The van der Waals surface area contributed by atoms with Crippen LogP contribution in [-0.2, 0) is 14.8 Å². The number of benzene rings is 2. The van der Waals surface area contributed by atoms with Crippen LogP contribution >= 0.6 is 23.2 Å². The van der Waals surface area contributed by atoms with E-state index in [0.717, 1.165) is 0 Å². The summed E-state index contributed by atoms with van der Waals surface area (Å²) in [6, 6.07) is 9.67. The molecule has 0 saturated carbocycles.